The molecule has 0 saturated carbocycles. The standard InChI is InChI=1S/C12H22N2O2/c1-9(2)14-8-11(7-13-14)12(15)10(3)5-6-16-4/h7-10,12,15H,5-6H2,1-4H3. The molecule has 0 aliphatic rings. The van der Waals surface area contributed by atoms with Gasteiger partial charge in [-0.25, -0.2) is 0 Å². The van der Waals surface area contributed by atoms with Crippen LogP contribution in [0.2, 0.25) is 0 Å². The molecular formula is C12H22N2O2. The molecule has 4 heteroatoms. The topological polar surface area (TPSA) is 47.3 Å². The number of aliphatic hydroxyl groups excluding tert-OH is 1. The molecule has 92 valence electrons. The van der Waals surface area contributed by atoms with Crippen molar-refractivity contribution in [3.63, 3.8) is 0 Å². The first-order chi connectivity index (χ1) is 7.56. The average Bonchev–Trinajstić information content (AvgIpc) is 2.74. The van der Waals surface area contributed by atoms with Crippen LogP contribution in [0.25, 0.3) is 0 Å². The predicted octanol–water partition coefficient (Wildman–Crippen LogP) is 2.17. The minimum Gasteiger partial charge on any atom is -0.388 e. The molecule has 4 nitrogen and oxygen atoms in total. The summed E-state index contributed by atoms with van der Waals surface area (Å²) in [6.45, 7) is 6.84. The number of aromatic nitrogens is 2. The zero-order chi connectivity index (χ0) is 12.1. The highest BCUT2D eigenvalue weighted by atomic mass is 16.5. The largest absolute Gasteiger partial charge is 0.388 e. The van der Waals surface area contributed by atoms with Gasteiger partial charge in [0.05, 0.1) is 12.3 Å². The van der Waals surface area contributed by atoms with Crippen molar-refractivity contribution in [3.8, 4) is 0 Å². The van der Waals surface area contributed by atoms with Gasteiger partial charge in [0.15, 0.2) is 0 Å². The van der Waals surface area contributed by atoms with E-state index in [2.05, 4.69) is 18.9 Å². The van der Waals surface area contributed by atoms with E-state index >= 15 is 0 Å². The Kier molecular flexibility index (Phi) is 4.96. The van der Waals surface area contributed by atoms with Crippen molar-refractivity contribution in [1.82, 2.24) is 9.78 Å². The molecule has 1 aromatic rings. The van der Waals surface area contributed by atoms with Crippen LogP contribution in [0.3, 0.4) is 0 Å². The van der Waals surface area contributed by atoms with Gasteiger partial charge in [-0.05, 0) is 26.2 Å². The third kappa shape index (κ3) is 3.32. The van der Waals surface area contributed by atoms with E-state index in [9.17, 15) is 5.11 Å². The third-order valence-electron chi connectivity index (χ3n) is 2.81. The van der Waals surface area contributed by atoms with Gasteiger partial charge < -0.3 is 9.84 Å². The molecule has 0 amide bonds. The molecule has 0 aliphatic heterocycles. The number of nitrogens with zero attached hydrogens (tertiary/aromatic N) is 2. The minimum atomic E-state index is -0.456. The molecule has 2 atom stereocenters. The number of ether oxygens (including phenoxy) is 1. The second-order valence-electron chi connectivity index (χ2n) is 4.55. The summed E-state index contributed by atoms with van der Waals surface area (Å²) in [7, 11) is 1.68. The van der Waals surface area contributed by atoms with Gasteiger partial charge in [0.1, 0.15) is 0 Å². The summed E-state index contributed by atoms with van der Waals surface area (Å²) in [5.74, 6) is 0.185. The SMILES string of the molecule is COCCC(C)C(O)c1cnn(C(C)C)c1. The van der Waals surface area contributed by atoms with Crippen LogP contribution in [0.15, 0.2) is 12.4 Å². The van der Waals surface area contributed by atoms with Crippen LogP contribution in [0.1, 0.15) is 44.9 Å². The van der Waals surface area contributed by atoms with Crippen LogP contribution in [-0.4, -0.2) is 28.6 Å². The van der Waals surface area contributed by atoms with Crippen LogP contribution < -0.4 is 0 Å². The summed E-state index contributed by atoms with van der Waals surface area (Å²) in [6, 6.07) is 0.329. The lowest BCUT2D eigenvalue weighted by molar-refractivity contribution is 0.0885. The zero-order valence-electron chi connectivity index (χ0n) is 10.6. The highest BCUT2D eigenvalue weighted by Crippen LogP contribution is 2.24. The molecule has 1 N–H and O–H groups in total. The highest BCUT2D eigenvalue weighted by molar-refractivity contribution is 5.09. The van der Waals surface area contributed by atoms with Crippen molar-refractivity contribution in [2.75, 3.05) is 13.7 Å². The lowest BCUT2D eigenvalue weighted by atomic mass is 9.97. The van der Waals surface area contributed by atoms with Crippen LogP contribution in [0.5, 0.6) is 0 Å². The van der Waals surface area contributed by atoms with E-state index in [0.29, 0.717) is 12.6 Å². The van der Waals surface area contributed by atoms with Crippen molar-refractivity contribution in [2.45, 2.75) is 39.3 Å². The number of hydrogen-bond donors (Lipinski definition) is 1. The normalized spacial score (nSPS) is 15.4. The number of aliphatic hydroxyl groups is 1. The van der Waals surface area contributed by atoms with Crippen LogP contribution >= 0.6 is 0 Å². The fourth-order valence-corrected chi connectivity index (χ4v) is 1.58. The first kappa shape index (κ1) is 13.2. The van der Waals surface area contributed by atoms with Crippen LogP contribution in [0.4, 0.5) is 0 Å². The summed E-state index contributed by atoms with van der Waals surface area (Å²) >= 11 is 0. The van der Waals surface area contributed by atoms with Gasteiger partial charge in [0.25, 0.3) is 0 Å². The summed E-state index contributed by atoms with van der Waals surface area (Å²) < 4.78 is 6.87. The van der Waals surface area contributed by atoms with Crippen molar-refractivity contribution in [2.24, 2.45) is 5.92 Å². The van der Waals surface area contributed by atoms with E-state index in [1.165, 1.54) is 0 Å². The monoisotopic (exact) mass is 226 g/mol. The van der Waals surface area contributed by atoms with E-state index in [0.717, 1.165) is 12.0 Å². The summed E-state index contributed by atoms with van der Waals surface area (Å²) in [6.07, 6.45) is 4.06. The van der Waals surface area contributed by atoms with Gasteiger partial charge >= 0.3 is 0 Å². The summed E-state index contributed by atoms with van der Waals surface area (Å²) in [5.41, 5.74) is 0.886. The lowest BCUT2D eigenvalue weighted by Crippen LogP contribution is -2.11. The molecule has 0 spiro atoms. The fourth-order valence-electron chi connectivity index (χ4n) is 1.58. The Morgan fingerprint density at radius 3 is 2.62 bits per heavy atom. The molecule has 0 aliphatic carbocycles. The molecule has 16 heavy (non-hydrogen) atoms. The Morgan fingerprint density at radius 2 is 2.12 bits per heavy atom. The van der Waals surface area contributed by atoms with Crippen molar-refractivity contribution in [1.29, 1.82) is 0 Å². The average molecular weight is 226 g/mol. The summed E-state index contributed by atoms with van der Waals surface area (Å²) in [4.78, 5) is 0. The maximum Gasteiger partial charge on any atom is 0.0846 e. The van der Waals surface area contributed by atoms with Gasteiger partial charge in [0, 0.05) is 31.5 Å². The lowest BCUT2D eigenvalue weighted by Gasteiger charge is -2.16. The maximum atomic E-state index is 10.1. The van der Waals surface area contributed by atoms with E-state index in [1.54, 1.807) is 13.3 Å². The fraction of sp³-hybridized carbons (Fsp3) is 0.750. The molecule has 2 unspecified atom stereocenters. The van der Waals surface area contributed by atoms with Gasteiger partial charge in [-0.3, -0.25) is 4.68 Å². The van der Waals surface area contributed by atoms with Crippen LogP contribution in [0, 0.1) is 5.92 Å². The molecular weight excluding hydrogens is 204 g/mol. The first-order valence-electron chi connectivity index (χ1n) is 5.77. The molecule has 1 aromatic heterocycles. The second kappa shape index (κ2) is 6.01. The highest BCUT2D eigenvalue weighted by Gasteiger charge is 2.18. The van der Waals surface area contributed by atoms with Gasteiger partial charge in [0.2, 0.25) is 0 Å². The number of methoxy groups -OCH3 is 1. The number of hydrogen-bond acceptors (Lipinski definition) is 3. The van der Waals surface area contributed by atoms with E-state index in [-0.39, 0.29) is 5.92 Å². The molecule has 0 bridgehead atoms. The van der Waals surface area contributed by atoms with Crippen molar-refractivity contribution >= 4 is 0 Å². The second-order valence-corrected chi connectivity index (χ2v) is 4.55. The van der Waals surface area contributed by atoms with Gasteiger partial charge in [-0.2, -0.15) is 5.10 Å². The quantitative estimate of drug-likeness (QED) is 0.808. The Hall–Kier alpha value is -0.870. The van der Waals surface area contributed by atoms with Gasteiger partial charge in [-0.15, -0.1) is 0 Å². The summed E-state index contributed by atoms with van der Waals surface area (Å²) in [5, 5.41) is 14.3. The minimum absolute atomic E-state index is 0.185. The molecule has 0 aromatic carbocycles. The molecule has 1 heterocycles. The van der Waals surface area contributed by atoms with Gasteiger partial charge in [-0.1, -0.05) is 6.92 Å². The van der Waals surface area contributed by atoms with Crippen LogP contribution in [-0.2, 0) is 4.74 Å². The maximum absolute atomic E-state index is 10.1. The van der Waals surface area contributed by atoms with Crippen molar-refractivity contribution < 1.29 is 9.84 Å². The molecule has 0 fully saturated rings. The smallest absolute Gasteiger partial charge is 0.0846 e. The first-order valence-corrected chi connectivity index (χ1v) is 5.77. The van der Waals surface area contributed by atoms with E-state index in [4.69, 9.17) is 4.74 Å². The molecule has 1 rings (SSSR count). The Morgan fingerprint density at radius 1 is 1.44 bits per heavy atom. The van der Waals surface area contributed by atoms with E-state index in [1.807, 2.05) is 17.8 Å². The van der Waals surface area contributed by atoms with Crippen molar-refractivity contribution in [3.05, 3.63) is 18.0 Å². The molecule has 0 saturated heterocycles. The molecule has 0 radical (unpaired) electrons. The van der Waals surface area contributed by atoms with E-state index < -0.39 is 6.10 Å². The third-order valence-corrected chi connectivity index (χ3v) is 2.81. The zero-order valence-corrected chi connectivity index (χ0v) is 10.6. The Labute approximate surface area is 97.2 Å². The Balaban J connectivity index is 2.60. The number of rotatable bonds is 6. The Bertz CT molecular complexity index is 310. The predicted molar refractivity (Wildman–Crippen MR) is 63.2 cm³/mol.